The Morgan fingerprint density at radius 2 is 2.03 bits per heavy atom. The predicted molar refractivity (Wildman–Crippen MR) is 132 cm³/mol. The van der Waals surface area contributed by atoms with Crippen LogP contribution in [0.4, 0.5) is 15.8 Å². The van der Waals surface area contributed by atoms with E-state index < -0.39 is 11.7 Å². The number of rotatable bonds is 6. The molecular formula is C25H24FN3O4S. The lowest BCUT2D eigenvalue weighted by Crippen LogP contribution is -2.34. The monoisotopic (exact) mass is 481 g/mol. The molecule has 1 atom stereocenters. The van der Waals surface area contributed by atoms with Crippen molar-refractivity contribution >= 4 is 50.4 Å². The number of halogens is 1. The molecule has 4 rings (SSSR count). The van der Waals surface area contributed by atoms with Gasteiger partial charge in [0, 0.05) is 40.0 Å². The average Bonchev–Trinajstić information content (AvgIpc) is 3.08. The number of ether oxygens (including phenoxy) is 1. The summed E-state index contributed by atoms with van der Waals surface area (Å²) in [4.78, 5) is 37.8. The minimum absolute atomic E-state index is 0.0131. The number of anilines is 2. The fourth-order valence-electron chi connectivity index (χ4n) is 3.58. The molecule has 0 radical (unpaired) electrons. The van der Waals surface area contributed by atoms with Crippen molar-refractivity contribution in [3.05, 3.63) is 64.3 Å². The van der Waals surface area contributed by atoms with Gasteiger partial charge in [-0.1, -0.05) is 5.57 Å². The van der Waals surface area contributed by atoms with E-state index in [0.717, 1.165) is 21.3 Å². The van der Waals surface area contributed by atoms with Crippen molar-refractivity contribution < 1.29 is 23.5 Å². The van der Waals surface area contributed by atoms with Crippen molar-refractivity contribution in [2.24, 2.45) is 0 Å². The molecule has 1 aromatic heterocycles. The lowest BCUT2D eigenvalue weighted by atomic mass is 10.1. The zero-order chi connectivity index (χ0) is 24.4. The molecule has 7 nitrogen and oxygen atoms in total. The molecule has 34 heavy (non-hydrogen) atoms. The van der Waals surface area contributed by atoms with Gasteiger partial charge in [-0.15, -0.1) is 11.3 Å². The molecule has 0 aliphatic carbocycles. The summed E-state index contributed by atoms with van der Waals surface area (Å²) in [5.74, 6) is -1.58. The van der Waals surface area contributed by atoms with E-state index in [1.807, 2.05) is 6.92 Å². The van der Waals surface area contributed by atoms with Crippen molar-refractivity contribution in [2.75, 3.05) is 23.8 Å². The number of fused-ring (bicyclic) bond motifs is 3. The molecule has 0 spiro atoms. The van der Waals surface area contributed by atoms with E-state index in [1.165, 1.54) is 35.6 Å². The Bertz CT molecular complexity index is 1330. The molecule has 0 saturated carbocycles. The maximum Gasteiger partial charge on any atom is 0.263 e. The number of benzene rings is 2. The highest BCUT2D eigenvalue weighted by Gasteiger charge is 2.24. The highest BCUT2D eigenvalue weighted by atomic mass is 32.1. The first-order valence-corrected chi connectivity index (χ1v) is 11.6. The summed E-state index contributed by atoms with van der Waals surface area (Å²) in [5, 5.41) is 9.75. The highest BCUT2D eigenvalue weighted by molar-refractivity contribution is 7.21. The number of ketones is 1. The molecule has 0 saturated heterocycles. The fraction of sp³-hybridized carbons (Fsp3) is 0.240. The van der Waals surface area contributed by atoms with Crippen LogP contribution in [0.25, 0.3) is 10.1 Å². The SMILES string of the molecule is CC(C)=CC(=O)COc1cc(NC(=O)c2ccc3sc4c(c3c2)NC[C@@H](C)NC4=O)ccc1F. The number of nitrogens with one attached hydrogen (secondary N) is 3. The Morgan fingerprint density at radius 3 is 2.79 bits per heavy atom. The molecule has 2 amide bonds. The van der Waals surface area contributed by atoms with Crippen LogP contribution in [0.15, 0.2) is 48.0 Å². The first kappa shape index (κ1) is 23.4. The summed E-state index contributed by atoms with van der Waals surface area (Å²) in [6.45, 7) is 5.75. The third-order valence-electron chi connectivity index (χ3n) is 5.13. The third-order valence-corrected chi connectivity index (χ3v) is 6.30. The highest BCUT2D eigenvalue weighted by Crippen LogP contribution is 2.37. The second-order valence-corrected chi connectivity index (χ2v) is 9.40. The van der Waals surface area contributed by atoms with Crippen molar-refractivity contribution in [2.45, 2.75) is 26.8 Å². The zero-order valence-electron chi connectivity index (χ0n) is 19.0. The Labute approximate surface area is 200 Å². The molecule has 0 fully saturated rings. The second kappa shape index (κ2) is 9.64. The largest absolute Gasteiger partial charge is 0.482 e. The minimum Gasteiger partial charge on any atom is -0.482 e. The van der Waals surface area contributed by atoms with Crippen molar-refractivity contribution in [3.63, 3.8) is 0 Å². The van der Waals surface area contributed by atoms with Gasteiger partial charge >= 0.3 is 0 Å². The zero-order valence-corrected chi connectivity index (χ0v) is 19.8. The second-order valence-electron chi connectivity index (χ2n) is 8.35. The normalized spacial score (nSPS) is 14.9. The molecular weight excluding hydrogens is 457 g/mol. The molecule has 2 heterocycles. The van der Waals surface area contributed by atoms with E-state index in [0.29, 0.717) is 22.7 Å². The number of carbonyl (C=O) groups is 3. The Kier molecular flexibility index (Phi) is 6.65. The maximum atomic E-state index is 14.1. The van der Waals surface area contributed by atoms with Crippen molar-refractivity contribution in [3.8, 4) is 5.75 Å². The fourth-order valence-corrected chi connectivity index (χ4v) is 4.64. The molecule has 0 unspecified atom stereocenters. The average molecular weight is 482 g/mol. The van der Waals surface area contributed by atoms with Crippen molar-refractivity contribution in [1.29, 1.82) is 0 Å². The van der Waals surface area contributed by atoms with Crippen LogP contribution in [0.5, 0.6) is 5.75 Å². The molecule has 3 N–H and O–H groups in total. The van der Waals surface area contributed by atoms with E-state index in [2.05, 4.69) is 16.0 Å². The van der Waals surface area contributed by atoms with Gasteiger partial charge in [0.2, 0.25) is 0 Å². The smallest absolute Gasteiger partial charge is 0.263 e. The molecule has 2 aromatic carbocycles. The van der Waals surface area contributed by atoms with Gasteiger partial charge in [-0.25, -0.2) is 4.39 Å². The van der Waals surface area contributed by atoms with Gasteiger partial charge in [-0.3, -0.25) is 14.4 Å². The van der Waals surface area contributed by atoms with E-state index >= 15 is 0 Å². The quantitative estimate of drug-likeness (QED) is 0.442. The first-order chi connectivity index (χ1) is 16.2. The lowest BCUT2D eigenvalue weighted by molar-refractivity contribution is -0.116. The lowest BCUT2D eigenvalue weighted by Gasteiger charge is -2.11. The summed E-state index contributed by atoms with van der Waals surface area (Å²) >= 11 is 1.37. The van der Waals surface area contributed by atoms with Gasteiger partial charge in [0.25, 0.3) is 11.8 Å². The number of allylic oxidation sites excluding steroid dienone is 1. The molecule has 1 aliphatic rings. The molecule has 9 heteroatoms. The Hall–Kier alpha value is -3.72. The van der Waals surface area contributed by atoms with Gasteiger partial charge in [0.15, 0.2) is 24.0 Å². The van der Waals surface area contributed by atoms with E-state index in [1.54, 1.807) is 32.0 Å². The van der Waals surface area contributed by atoms with Crippen LogP contribution in [-0.2, 0) is 4.79 Å². The van der Waals surface area contributed by atoms with Gasteiger partial charge in [0.1, 0.15) is 4.88 Å². The van der Waals surface area contributed by atoms with Gasteiger partial charge in [-0.2, -0.15) is 0 Å². The van der Waals surface area contributed by atoms with E-state index in [-0.39, 0.29) is 30.1 Å². The number of carbonyl (C=O) groups excluding carboxylic acids is 3. The third kappa shape index (κ3) is 5.09. The van der Waals surface area contributed by atoms with E-state index in [4.69, 9.17) is 4.74 Å². The standard InChI is InChI=1S/C25H24FN3O4S/c1-13(2)8-17(30)12-33-20-10-16(5-6-19(20)26)29-24(31)15-4-7-21-18(9-15)22-23(34-21)25(32)28-14(3)11-27-22/h4-10,14,27H,11-12H2,1-3H3,(H,28,32)(H,29,31)/t14-/m1/s1. The Morgan fingerprint density at radius 1 is 1.24 bits per heavy atom. The summed E-state index contributed by atoms with van der Waals surface area (Å²) in [5.41, 5.74) is 2.25. The Balaban J connectivity index is 1.54. The van der Waals surface area contributed by atoms with Crippen LogP contribution in [0, 0.1) is 5.82 Å². The molecule has 3 aromatic rings. The number of hydrogen-bond donors (Lipinski definition) is 3. The summed E-state index contributed by atoms with van der Waals surface area (Å²) < 4.78 is 20.3. The van der Waals surface area contributed by atoms with Crippen LogP contribution in [-0.4, -0.2) is 36.8 Å². The first-order valence-electron chi connectivity index (χ1n) is 10.7. The molecule has 176 valence electrons. The molecule has 0 bridgehead atoms. The maximum absolute atomic E-state index is 14.1. The summed E-state index contributed by atoms with van der Waals surface area (Å²) in [6.07, 6.45) is 1.42. The predicted octanol–water partition coefficient (Wildman–Crippen LogP) is 4.75. The van der Waals surface area contributed by atoms with Crippen LogP contribution in [0.3, 0.4) is 0 Å². The van der Waals surface area contributed by atoms with Gasteiger partial charge in [-0.05, 0) is 57.2 Å². The van der Waals surface area contributed by atoms with Crippen LogP contribution in [0.2, 0.25) is 0 Å². The van der Waals surface area contributed by atoms with Crippen LogP contribution < -0.4 is 20.7 Å². The van der Waals surface area contributed by atoms with Crippen LogP contribution in [0.1, 0.15) is 40.8 Å². The summed E-state index contributed by atoms with van der Waals surface area (Å²) in [6, 6.07) is 9.12. The summed E-state index contributed by atoms with van der Waals surface area (Å²) in [7, 11) is 0. The van der Waals surface area contributed by atoms with E-state index in [9.17, 15) is 18.8 Å². The number of hydrogen-bond acceptors (Lipinski definition) is 6. The number of amides is 2. The minimum atomic E-state index is -0.635. The van der Waals surface area contributed by atoms with Crippen LogP contribution >= 0.6 is 11.3 Å². The van der Waals surface area contributed by atoms with Gasteiger partial charge < -0.3 is 20.7 Å². The van der Waals surface area contributed by atoms with Gasteiger partial charge in [0.05, 0.1) is 5.69 Å². The number of thiophene rings is 1. The topological polar surface area (TPSA) is 96.5 Å². The molecule has 1 aliphatic heterocycles. The van der Waals surface area contributed by atoms with Crippen molar-refractivity contribution in [1.82, 2.24) is 5.32 Å².